The Bertz CT molecular complexity index is 528. The number of carbonyl (C=O) groups is 1. The van der Waals surface area contributed by atoms with Gasteiger partial charge in [-0.2, -0.15) is 13.2 Å². The maximum Gasteiger partial charge on any atom is 0.573 e. The lowest BCUT2D eigenvalue weighted by Crippen LogP contribution is -2.21. The van der Waals surface area contributed by atoms with Crippen molar-refractivity contribution in [1.29, 1.82) is 0 Å². The Balaban J connectivity index is 3.54. The first-order chi connectivity index (χ1) is 8.95. The highest BCUT2D eigenvalue weighted by Gasteiger charge is 2.38. The summed E-state index contributed by atoms with van der Waals surface area (Å²) in [7, 11) is 0. The fourth-order valence-corrected chi connectivity index (χ4v) is 1.47. The fourth-order valence-electron chi connectivity index (χ4n) is 1.22. The van der Waals surface area contributed by atoms with E-state index in [1.54, 1.807) is 0 Å². The van der Waals surface area contributed by atoms with Gasteiger partial charge in [0.15, 0.2) is 5.69 Å². The Morgan fingerprint density at radius 2 is 1.85 bits per heavy atom. The Morgan fingerprint density at radius 3 is 2.20 bits per heavy atom. The van der Waals surface area contributed by atoms with Gasteiger partial charge in [-0.3, -0.25) is 0 Å². The van der Waals surface area contributed by atoms with Crippen molar-refractivity contribution in [2.24, 2.45) is 0 Å². The van der Waals surface area contributed by atoms with Crippen LogP contribution in [0.3, 0.4) is 0 Å². The zero-order valence-corrected chi connectivity index (χ0v) is 9.90. The van der Waals surface area contributed by atoms with E-state index in [4.69, 9.17) is 16.7 Å². The molecule has 0 fully saturated rings. The summed E-state index contributed by atoms with van der Waals surface area (Å²) in [5.74, 6) is -4.14. The van der Waals surface area contributed by atoms with E-state index in [0.717, 1.165) is 0 Å². The molecule has 0 atom stereocenters. The van der Waals surface area contributed by atoms with Crippen LogP contribution in [0.1, 0.15) is 21.7 Å². The van der Waals surface area contributed by atoms with Crippen molar-refractivity contribution in [3.8, 4) is 5.75 Å². The number of hydrogen-bond acceptors (Lipinski definition) is 3. The number of hydrogen-bond donors (Lipinski definition) is 1. The van der Waals surface area contributed by atoms with Crippen LogP contribution in [-0.4, -0.2) is 22.4 Å². The lowest BCUT2D eigenvalue weighted by atomic mass is 10.1. The Morgan fingerprint density at radius 1 is 1.30 bits per heavy atom. The monoisotopic (exact) mass is 323 g/mol. The highest BCUT2D eigenvalue weighted by atomic mass is 35.5. The van der Waals surface area contributed by atoms with Gasteiger partial charge in [0.25, 0.3) is 0 Å². The van der Waals surface area contributed by atoms with Crippen LogP contribution in [0.2, 0.25) is 0 Å². The Kier molecular flexibility index (Phi) is 4.37. The molecule has 0 saturated heterocycles. The quantitative estimate of drug-likeness (QED) is 0.684. The summed E-state index contributed by atoms with van der Waals surface area (Å²) in [5, 5.41) is 8.68. The van der Waals surface area contributed by atoms with E-state index in [2.05, 4.69) is 9.72 Å². The zero-order chi connectivity index (χ0) is 15.7. The van der Waals surface area contributed by atoms with Gasteiger partial charge in [0.1, 0.15) is 11.4 Å². The minimum Gasteiger partial charge on any atom is -0.476 e. The summed E-state index contributed by atoms with van der Waals surface area (Å²) in [4.78, 5) is 13.5. The van der Waals surface area contributed by atoms with Crippen molar-refractivity contribution in [3.63, 3.8) is 0 Å². The summed E-state index contributed by atoms with van der Waals surface area (Å²) in [6, 6.07) is -0.0579. The first kappa shape index (κ1) is 16.3. The molecule has 112 valence electrons. The van der Waals surface area contributed by atoms with E-state index in [0.29, 0.717) is 0 Å². The van der Waals surface area contributed by atoms with Crippen LogP contribution in [0.25, 0.3) is 0 Å². The summed E-state index contributed by atoms with van der Waals surface area (Å²) in [6.07, 6.45) is -10.4. The predicted octanol–water partition coefficient (Wildman–Crippen LogP) is 3.44. The third kappa shape index (κ3) is 3.89. The normalized spacial score (nSPS) is 12.3. The third-order valence-electron chi connectivity index (χ3n) is 1.94. The van der Waals surface area contributed by atoms with E-state index >= 15 is 0 Å². The molecule has 11 heteroatoms. The van der Waals surface area contributed by atoms with E-state index in [1.165, 1.54) is 0 Å². The largest absolute Gasteiger partial charge is 0.573 e. The molecule has 20 heavy (non-hydrogen) atoms. The topological polar surface area (TPSA) is 59.4 Å². The Hall–Kier alpha value is -1.71. The molecule has 0 unspecified atom stereocenters. The molecule has 0 aromatic carbocycles. The molecule has 4 nitrogen and oxygen atoms in total. The van der Waals surface area contributed by atoms with Gasteiger partial charge in [0, 0.05) is 11.6 Å². The SMILES string of the molecule is O=C(O)c1nc(C(F)(F)F)cc(OC(F)(F)F)c1CCl. The molecule has 0 radical (unpaired) electrons. The predicted molar refractivity (Wildman–Crippen MR) is 52.4 cm³/mol. The van der Waals surface area contributed by atoms with Crippen LogP contribution < -0.4 is 4.74 Å². The molecule has 0 aliphatic carbocycles. The van der Waals surface area contributed by atoms with Crippen molar-refractivity contribution in [3.05, 3.63) is 23.0 Å². The molecule has 0 saturated carbocycles. The van der Waals surface area contributed by atoms with Gasteiger partial charge in [-0.25, -0.2) is 9.78 Å². The van der Waals surface area contributed by atoms with Gasteiger partial charge < -0.3 is 9.84 Å². The van der Waals surface area contributed by atoms with Crippen LogP contribution in [0.5, 0.6) is 5.75 Å². The van der Waals surface area contributed by atoms with E-state index in [-0.39, 0.29) is 6.07 Å². The molecule has 1 aromatic heterocycles. The average Bonchev–Trinajstić information content (AvgIpc) is 2.24. The van der Waals surface area contributed by atoms with Crippen molar-refractivity contribution in [1.82, 2.24) is 4.98 Å². The average molecular weight is 324 g/mol. The van der Waals surface area contributed by atoms with E-state index in [9.17, 15) is 31.1 Å². The molecule has 1 aromatic rings. The van der Waals surface area contributed by atoms with Crippen LogP contribution in [0.4, 0.5) is 26.3 Å². The van der Waals surface area contributed by atoms with Gasteiger partial charge in [-0.15, -0.1) is 24.8 Å². The number of pyridine rings is 1. The second kappa shape index (κ2) is 5.35. The molecule has 0 aliphatic rings. The van der Waals surface area contributed by atoms with E-state index < -0.39 is 47.1 Å². The molecule has 1 heterocycles. The first-order valence-corrected chi connectivity index (χ1v) is 5.15. The van der Waals surface area contributed by atoms with Crippen molar-refractivity contribution in [2.75, 3.05) is 0 Å². The zero-order valence-electron chi connectivity index (χ0n) is 9.14. The van der Waals surface area contributed by atoms with Gasteiger partial charge in [0.05, 0.1) is 5.88 Å². The standard InChI is InChI=1S/C9H4ClF6NO3/c10-2-3-4(20-9(14,15)16)1-5(8(11,12)13)17-6(3)7(18)19/h1H,2H2,(H,18,19). The Labute approximate surface area is 111 Å². The molecule has 0 amide bonds. The smallest absolute Gasteiger partial charge is 0.476 e. The summed E-state index contributed by atoms with van der Waals surface area (Å²) in [6.45, 7) is 0. The van der Waals surface area contributed by atoms with Gasteiger partial charge in [0.2, 0.25) is 0 Å². The fraction of sp³-hybridized carbons (Fsp3) is 0.333. The summed E-state index contributed by atoms with van der Waals surface area (Å²) >= 11 is 5.24. The molecule has 1 rings (SSSR count). The van der Waals surface area contributed by atoms with Crippen LogP contribution in [0, 0.1) is 0 Å². The number of aromatic nitrogens is 1. The number of alkyl halides is 7. The molecular weight excluding hydrogens is 320 g/mol. The van der Waals surface area contributed by atoms with Crippen molar-refractivity contribution in [2.45, 2.75) is 18.4 Å². The molecular formula is C9H4ClF6NO3. The molecule has 0 aliphatic heterocycles. The van der Waals surface area contributed by atoms with Gasteiger partial charge in [-0.1, -0.05) is 0 Å². The third-order valence-corrected chi connectivity index (χ3v) is 2.20. The number of ether oxygens (including phenoxy) is 1. The minimum absolute atomic E-state index is 0.0579. The summed E-state index contributed by atoms with van der Waals surface area (Å²) < 4.78 is 77.0. The lowest BCUT2D eigenvalue weighted by molar-refractivity contribution is -0.275. The van der Waals surface area contributed by atoms with E-state index in [1.807, 2.05) is 0 Å². The second-order valence-electron chi connectivity index (χ2n) is 3.32. The van der Waals surface area contributed by atoms with Crippen LogP contribution >= 0.6 is 11.6 Å². The number of rotatable bonds is 3. The number of carboxylic acid groups (broad SMARTS) is 1. The second-order valence-corrected chi connectivity index (χ2v) is 3.58. The number of aromatic carboxylic acids is 1. The lowest BCUT2D eigenvalue weighted by Gasteiger charge is -2.16. The van der Waals surface area contributed by atoms with Crippen molar-refractivity contribution < 1.29 is 41.0 Å². The minimum atomic E-state index is -5.30. The highest BCUT2D eigenvalue weighted by molar-refractivity contribution is 6.17. The molecule has 1 N–H and O–H groups in total. The maximum absolute atomic E-state index is 12.5. The van der Waals surface area contributed by atoms with Gasteiger partial charge in [-0.05, 0) is 0 Å². The van der Waals surface area contributed by atoms with Crippen LogP contribution in [0.15, 0.2) is 6.07 Å². The van der Waals surface area contributed by atoms with Crippen LogP contribution in [-0.2, 0) is 12.1 Å². The van der Waals surface area contributed by atoms with Gasteiger partial charge >= 0.3 is 18.5 Å². The number of halogens is 7. The molecule has 0 bridgehead atoms. The number of nitrogens with zero attached hydrogens (tertiary/aromatic N) is 1. The summed E-state index contributed by atoms with van der Waals surface area (Å²) in [5.41, 5.74) is -3.89. The first-order valence-electron chi connectivity index (χ1n) is 4.62. The molecule has 0 spiro atoms. The number of carboxylic acids is 1. The maximum atomic E-state index is 12.5. The van der Waals surface area contributed by atoms with Crippen molar-refractivity contribution >= 4 is 17.6 Å². The highest BCUT2D eigenvalue weighted by Crippen LogP contribution is 2.35.